The lowest BCUT2D eigenvalue weighted by Crippen LogP contribution is -2.28. The summed E-state index contributed by atoms with van der Waals surface area (Å²) in [7, 11) is 0. The van der Waals surface area contributed by atoms with Crippen LogP contribution in [0.5, 0.6) is 0 Å². The highest BCUT2D eigenvalue weighted by molar-refractivity contribution is 5.95. The predicted octanol–water partition coefficient (Wildman–Crippen LogP) is 2.74. The van der Waals surface area contributed by atoms with Gasteiger partial charge in [0.05, 0.1) is 6.10 Å². The number of carbonyl (C=O) groups excluding carboxylic acids is 1. The lowest BCUT2D eigenvalue weighted by Gasteiger charge is -2.13. The number of benzene rings is 2. The summed E-state index contributed by atoms with van der Waals surface area (Å²) in [5.41, 5.74) is 1.53. The van der Waals surface area contributed by atoms with Gasteiger partial charge in [0, 0.05) is 12.1 Å². The summed E-state index contributed by atoms with van der Waals surface area (Å²) in [6.45, 7) is 1.72. The first kappa shape index (κ1) is 15.1. The zero-order valence-electron chi connectivity index (χ0n) is 11.4. The Bertz CT molecular complexity index is 658. The van der Waals surface area contributed by atoms with Gasteiger partial charge in [0.15, 0.2) is 11.6 Å². The van der Waals surface area contributed by atoms with Crippen LogP contribution < -0.4 is 5.32 Å². The highest BCUT2D eigenvalue weighted by Crippen LogP contribution is 2.16. The number of nitrogens with one attached hydrogen (secondary N) is 1. The van der Waals surface area contributed by atoms with E-state index in [1.54, 1.807) is 25.1 Å². The number of aliphatic hydroxyl groups excluding tert-OH is 1. The van der Waals surface area contributed by atoms with Crippen LogP contribution in [0.2, 0.25) is 0 Å². The van der Waals surface area contributed by atoms with Gasteiger partial charge in [-0.1, -0.05) is 24.3 Å². The van der Waals surface area contributed by atoms with Gasteiger partial charge in [0.2, 0.25) is 0 Å². The van der Waals surface area contributed by atoms with Crippen LogP contribution in [0.4, 0.5) is 8.78 Å². The first-order valence-electron chi connectivity index (χ1n) is 6.46. The fraction of sp³-hybridized carbons (Fsp3) is 0.188. The summed E-state index contributed by atoms with van der Waals surface area (Å²) in [4.78, 5) is 12.0. The largest absolute Gasteiger partial charge is 0.387 e. The molecule has 110 valence electrons. The van der Waals surface area contributed by atoms with Gasteiger partial charge in [0.1, 0.15) is 0 Å². The minimum atomic E-state index is -1.10. The highest BCUT2D eigenvalue weighted by Gasteiger charge is 2.13. The molecule has 0 heterocycles. The molecule has 0 spiro atoms. The van der Waals surface area contributed by atoms with Gasteiger partial charge in [-0.2, -0.15) is 0 Å². The second kappa shape index (κ2) is 6.45. The van der Waals surface area contributed by atoms with E-state index in [-0.39, 0.29) is 18.0 Å². The first-order valence-corrected chi connectivity index (χ1v) is 6.46. The van der Waals surface area contributed by atoms with Crippen molar-refractivity contribution in [3.05, 3.63) is 70.8 Å². The third kappa shape index (κ3) is 3.64. The number of hydrogen-bond acceptors (Lipinski definition) is 2. The third-order valence-electron chi connectivity index (χ3n) is 3.17. The van der Waals surface area contributed by atoms with Crippen molar-refractivity contribution in [2.75, 3.05) is 6.54 Å². The van der Waals surface area contributed by atoms with Crippen LogP contribution >= 0.6 is 0 Å². The molecule has 21 heavy (non-hydrogen) atoms. The average molecular weight is 291 g/mol. The fourth-order valence-corrected chi connectivity index (χ4v) is 1.95. The molecule has 2 aromatic carbocycles. The van der Waals surface area contributed by atoms with E-state index < -0.39 is 17.7 Å². The van der Waals surface area contributed by atoms with Crippen LogP contribution in [0.15, 0.2) is 42.5 Å². The zero-order chi connectivity index (χ0) is 15.4. The Labute approximate surface area is 121 Å². The number of rotatable bonds is 4. The molecule has 0 radical (unpaired) electrons. The molecule has 3 nitrogen and oxygen atoms in total. The van der Waals surface area contributed by atoms with Gasteiger partial charge in [0.25, 0.3) is 5.91 Å². The number of aryl methyl sites for hydroxylation is 1. The molecule has 2 aromatic rings. The Hall–Kier alpha value is -2.27. The number of amides is 1. The second-order valence-electron chi connectivity index (χ2n) is 4.71. The van der Waals surface area contributed by atoms with E-state index in [9.17, 15) is 18.7 Å². The Balaban J connectivity index is 2.01. The maximum absolute atomic E-state index is 13.1. The molecule has 0 aliphatic heterocycles. The standard InChI is InChI=1S/C16H15F2NO2/c1-10-4-2-3-5-12(10)16(21)19-9-15(20)11-6-7-13(17)14(18)8-11/h2-8,15,20H,9H2,1H3,(H,19,21). The summed E-state index contributed by atoms with van der Waals surface area (Å²) in [5.74, 6) is -2.33. The van der Waals surface area contributed by atoms with Crippen LogP contribution in [0, 0.1) is 18.6 Å². The van der Waals surface area contributed by atoms with Gasteiger partial charge < -0.3 is 10.4 Å². The molecule has 0 saturated carbocycles. The van der Waals surface area contributed by atoms with Crippen molar-refractivity contribution in [1.29, 1.82) is 0 Å². The molecule has 0 bridgehead atoms. The van der Waals surface area contributed by atoms with Crippen LogP contribution in [0.3, 0.4) is 0 Å². The lowest BCUT2D eigenvalue weighted by atomic mass is 10.1. The van der Waals surface area contributed by atoms with Crippen molar-refractivity contribution in [3.8, 4) is 0 Å². The minimum Gasteiger partial charge on any atom is -0.387 e. The maximum Gasteiger partial charge on any atom is 0.251 e. The van der Waals surface area contributed by atoms with E-state index in [0.717, 1.165) is 17.7 Å². The van der Waals surface area contributed by atoms with E-state index in [0.29, 0.717) is 5.56 Å². The van der Waals surface area contributed by atoms with Crippen LogP contribution in [0.1, 0.15) is 27.6 Å². The molecule has 1 amide bonds. The SMILES string of the molecule is Cc1ccccc1C(=O)NCC(O)c1ccc(F)c(F)c1. The summed E-state index contributed by atoms with van der Waals surface area (Å²) >= 11 is 0. The Kier molecular flexibility index (Phi) is 4.65. The molecule has 0 aliphatic carbocycles. The molecule has 2 N–H and O–H groups in total. The normalized spacial score (nSPS) is 12.0. The maximum atomic E-state index is 13.1. The molecule has 2 rings (SSSR count). The molecule has 0 fully saturated rings. The van der Waals surface area contributed by atoms with Gasteiger partial charge in [-0.05, 0) is 36.2 Å². The van der Waals surface area contributed by atoms with Gasteiger partial charge in [-0.25, -0.2) is 8.78 Å². The molecule has 1 unspecified atom stereocenters. The van der Waals surface area contributed by atoms with Crippen molar-refractivity contribution in [2.45, 2.75) is 13.0 Å². The number of halogens is 2. The minimum absolute atomic E-state index is 0.0851. The van der Waals surface area contributed by atoms with E-state index in [1.165, 1.54) is 6.07 Å². The van der Waals surface area contributed by atoms with E-state index >= 15 is 0 Å². The van der Waals surface area contributed by atoms with Crippen LogP contribution in [-0.4, -0.2) is 17.6 Å². The van der Waals surface area contributed by atoms with Crippen molar-refractivity contribution in [1.82, 2.24) is 5.32 Å². The van der Waals surface area contributed by atoms with Crippen molar-refractivity contribution < 1.29 is 18.7 Å². The topological polar surface area (TPSA) is 49.3 Å². The fourth-order valence-electron chi connectivity index (χ4n) is 1.95. The molecule has 1 atom stereocenters. The zero-order valence-corrected chi connectivity index (χ0v) is 11.4. The Morgan fingerprint density at radius 3 is 2.57 bits per heavy atom. The van der Waals surface area contributed by atoms with Crippen LogP contribution in [0.25, 0.3) is 0 Å². The summed E-state index contributed by atoms with van der Waals surface area (Å²) in [6, 6.07) is 10.2. The molecular formula is C16H15F2NO2. The smallest absolute Gasteiger partial charge is 0.251 e. The van der Waals surface area contributed by atoms with E-state index in [2.05, 4.69) is 5.32 Å². The number of hydrogen-bond donors (Lipinski definition) is 2. The molecule has 0 saturated heterocycles. The van der Waals surface area contributed by atoms with Crippen molar-refractivity contribution in [3.63, 3.8) is 0 Å². The Morgan fingerprint density at radius 2 is 1.90 bits per heavy atom. The number of carbonyl (C=O) groups is 1. The Morgan fingerprint density at radius 1 is 1.19 bits per heavy atom. The lowest BCUT2D eigenvalue weighted by molar-refractivity contribution is 0.0915. The summed E-state index contributed by atoms with van der Waals surface area (Å²) in [6.07, 6.45) is -1.10. The van der Waals surface area contributed by atoms with Gasteiger partial charge in [-0.15, -0.1) is 0 Å². The number of aliphatic hydroxyl groups is 1. The quantitative estimate of drug-likeness (QED) is 0.910. The van der Waals surface area contributed by atoms with Gasteiger partial charge in [-0.3, -0.25) is 4.79 Å². The molecule has 5 heteroatoms. The molecule has 0 aliphatic rings. The molecular weight excluding hydrogens is 276 g/mol. The third-order valence-corrected chi connectivity index (χ3v) is 3.17. The second-order valence-corrected chi connectivity index (χ2v) is 4.71. The summed E-state index contributed by atoms with van der Waals surface area (Å²) < 4.78 is 25.9. The highest BCUT2D eigenvalue weighted by atomic mass is 19.2. The monoisotopic (exact) mass is 291 g/mol. The first-order chi connectivity index (χ1) is 9.99. The van der Waals surface area contributed by atoms with Gasteiger partial charge >= 0.3 is 0 Å². The van der Waals surface area contributed by atoms with E-state index in [1.807, 2.05) is 6.07 Å². The van der Waals surface area contributed by atoms with E-state index in [4.69, 9.17) is 0 Å². The average Bonchev–Trinajstić information content (AvgIpc) is 2.47. The van der Waals surface area contributed by atoms with Crippen LogP contribution in [-0.2, 0) is 0 Å². The van der Waals surface area contributed by atoms with Crippen molar-refractivity contribution in [2.24, 2.45) is 0 Å². The van der Waals surface area contributed by atoms with Crippen molar-refractivity contribution >= 4 is 5.91 Å². The predicted molar refractivity (Wildman–Crippen MR) is 74.8 cm³/mol. The molecule has 0 aromatic heterocycles. The summed E-state index contributed by atoms with van der Waals surface area (Å²) in [5, 5.41) is 12.5.